The predicted octanol–water partition coefficient (Wildman–Crippen LogP) is 2.56. The summed E-state index contributed by atoms with van der Waals surface area (Å²) in [6.45, 7) is 3.72. The van der Waals surface area contributed by atoms with Gasteiger partial charge in [0.15, 0.2) is 0 Å². The molecule has 0 saturated carbocycles. The first-order valence-corrected chi connectivity index (χ1v) is 8.97. The Hall–Kier alpha value is -1.82. The fraction of sp³-hybridized carbons (Fsp3) is 0.450. The monoisotopic (exact) mass is 377 g/mol. The fourth-order valence-electron chi connectivity index (χ4n) is 3.64. The first kappa shape index (κ1) is 20.5. The number of piperidine rings is 1. The molecule has 1 amide bonds. The number of hydrogen-bond donors (Lipinski definition) is 2. The van der Waals surface area contributed by atoms with Crippen LogP contribution in [0.3, 0.4) is 0 Å². The molecule has 0 aromatic heterocycles. The van der Waals surface area contributed by atoms with E-state index in [4.69, 9.17) is 10.5 Å². The second kappa shape index (κ2) is 9.76. The lowest BCUT2D eigenvalue weighted by Gasteiger charge is -2.32. The highest BCUT2D eigenvalue weighted by molar-refractivity contribution is 5.91. The Morgan fingerprint density at radius 1 is 1.27 bits per heavy atom. The van der Waals surface area contributed by atoms with Crippen molar-refractivity contribution in [2.24, 2.45) is 11.7 Å². The Kier molecular flexibility index (Phi) is 7.69. The van der Waals surface area contributed by atoms with Crippen LogP contribution in [0.4, 0.5) is 0 Å². The predicted molar refractivity (Wildman–Crippen MR) is 108 cm³/mol. The molecule has 3 rings (SSSR count). The number of rotatable bonds is 6. The topological polar surface area (TPSA) is 67.6 Å². The van der Waals surface area contributed by atoms with Crippen LogP contribution < -0.4 is 15.8 Å². The number of nitrogens with two attached hydrogens (primary N) is 1. The van der Waals surface area contributed by atoms with Gasteiger partial charge in [-0.15, -0.1) is 12.4 Å². The van der Waals surface area contributed by atoms with E-state index in [2.05, 4.69) is 34.5 Å². The van der Waals surface area contributed by atoms with Gasteiger partial charge >= 0.3 is 0 Å². The van der Waals surface area contributed by atoms with Crippen molar-refractivity contribution < 1.29 is 9.53 Å². The SMILES string of the molecule is COc1ccc(CN2CCCC(C(=O)NCCN)C2)c2ccccc12.Cl. The van der Waals surface area contributed by atoms with E-state index in [1.807, 2.05) is 12.1 Å². The number of benzene rings is 2. The van der Waals surface area contributed by atoms with Crippen molar-refractivity contribution in [3.63, 3.8) is 0 Å². The van der Waals surface area contributed by atoms with Crippen LogP contribution in [0.2, 0.25) is 0 Å². The first-order valence-electron chi connectivity index (χ1n) is 8.97. The van der Waals surface area contributed by atoms with Gasteiger partial charge < -0.3 is 15.8 Å². The average Bonchev–Trinajstić information content (AvgIpc) is 2.66. The van der Waals surface area contributed by atoms with Crippen molar-refractivity contribution in [2.75, 3.05) is 33.3 Å². The van der Waals surface area contributed by atoms with Gasteiger partial charge in [-0.3, -0.25) is 9.69 Å². The number of carbonyl (C=O) groups is 1. The van der Waals surface area contributed by atoms with Crippen molar-refractivity contribution >= 4 is 29.1 Å². The Morgan fingerprint density at radius 2 is 2.04 bits per heavy atom. The smallest absolute Gasteiger partial charge is 0.224 e. The molecule has 142 valence electrons. The summed E-state index contributed by atoms with van der Waals surface area (Å²) in [4.78, 5) is 14.6. The van der Waals surface area contributed by atoms with Crippen LogP contribution in [0.25, 0.3) is 10.8 Å². The molecule has 1 aliphatic rings. The van der Waals surface area contributed by atoms with Crippen molar-refractivity contribution in [3.05, 3.63) is 42.0 Å². The van der Waals surface area contributed by atoms with E-state index >= 15 is 0 Å². The molecule has 2 aromatic carbocycles. The molecule has 26 heavy (non-hydrogen) atoms. The van der Waals surface area contributed by atoms with Crippen LogP contribution in [0.15, 0.2) is 36.4 Å². The zero-order valence-corrected chi connectivity index (χ0v) is 16.1. The largest absolute Gasteiger partial charge is 0.496 e. The maximum Gasteiger partial charge on any atom is 0.224 e. The van der Waals surface area contributed by atoms with E-state index in [0.29, 0.717) is 13.1 Å². The molecule has 5 nitrogen and oxygen atoms in total. The Balaban J connectivity index is 0.00000243. The van der Waals surface area contributed by atoms with Gasteiger partial charge in [-0.2, -0.15) is 0 Å². The van der Waals surface area contributed by atoms with Crippen molar-refractivity contribution in [3.8, 4) is 5.75 Å². The van der Waals surface area contributed by atoms with Gasteiger partial charge in [-0.1, -0.05) is 30.3 Å². The molecule has 1 unspecified atom stereocenters. The number of fused-ring (bicyclic) bond motifs is 1. The van der Waals surface area contributed by atoms with Gasteiger partial charge in [0.2, 0.25) is 5.91 Å². The summed E-state index contributed by atoms with van der Waals surface area (Å²) >= 11 is 0. The van der Waals surface area contributed by atoms with E-state index in [-0.39, 0.29) is 24.2 Å². The molecule has 1 saturated heterocycles. The summed E-state index contributed by atoms with van der Waals surface area (Å²) in [6, 6.07) is 12.5. The van der Waals surface area contributed by atoms with Gasteiger partial charge in [-0.25, -0.2) is 0 Å². The summed E-state index contributed by atoms with van der Waals surface area (Å²) in [7, 11) is 1.70. The van der Waals surface area contributed by atoms with Gasteiger partial charge in [-0.05, 0) is 36.4 Å². The zero-order chi connectivity index (χ0) is 17.6. The molecule has 0 radical (unpaired) electrons. The van der Waals surface area contributed by atoms with E-state index in [0.717, 1.165) is 43.6 Å². The minimum Gasteiger partial charge on any atom is -0.496 e. The van der Waals surface area contributed by atoms with Gasteiger partial charge in [0, 0.05) is 31.6 Å². The van der Waals surface area contributed by atoms with Crippen LogP contribution in [-0.4, -0.2) is 44.1 Å². The molecule has 6 heteroatoms. The summed E-state index contributed by atoms with van der Waals surface area (Å²) in [6.07, 6.45) is 2.01. The van der Waals surface area contributed by atoms with E-state index in [1.54, 1.807) is 7.11 Å². The molecule has 1 atom stereocenters. The van der Waals surface area contributed by atoms with Crippen molar-refractivity contribution in [1.82, 2.24) is 10.2 Å². The highest BCUT2D eigenvalue weighted by Gasteiger charge is 2.25. The lowest BCUT2D eigenvalue weighted by Crippen LogP contribution is -2.43. The maximum absolute atomic E-state index is 12.2. The lowest BCUT2D eigenvalue weighted by atomic mass is 9.96. The first-order chi connectivity index (χ1) is 12.2. The maximum atomic E-state index is 12.2. The average molecular weight is 378 g/mol. The fourth-order valence-corrected chi connectivity index (χ4v) is 3.64. The van der Waals surface area contributed by atoms with Gasteiger partial charge in [0.1, 0.15) is 5.75 Å². The quantitative estimate of drug-likeness (QED) is 0.811. The molecule has 3 N–H and O–H groups in total. The van der Waals surface area contributed by atoms with Gasteiger partial charge in [0.05, 0.1) is 13.0 Å². The Morgan fingerprint density at radius 3 is 2.77 bits per heavy atom. The third-order valence-corrected chi connectivity index (χ3v) is 4.91. The number of halogens is 1. The molecule has 1 aliphatic heterocycles. The van der Waals surface area contributed by atoms with E-state index in [1.165, 1.54) is 10.9 Å². The summed E-state index contributed by atoms with van der Waals surface area (Å²) in [5.74, 6) is 1.09. The van der Waals surface area contributed by atoms with Crippen LogP contribution in [-0.2, 0) is 11.3 Å². The van der Waals surface area contributed by atoms with Crippen LogP contribution in [0.5, 0.6) is 5.75 Å². The Labute approximate surface area is 161 Å². The van der Waals surface area contributed by atoms with Gasteiger partial charge in [0.25, 0.3) is 0 Å². The molecule has 1 fully saturated rings. The number of nitrogens with one attached hydrogen (secondary N) is 1. The standard InChI is InChI=1S/C20H27N3O2.ClH/c1-25-19-9-8-15(17-6-2-3-7-18(17)19)13-23-12-4-5-16(14-23)20(24)22-11-10-21;/h2-3,6-9,16H,4-5,10-14,21H2,1H3,(H,22,24);1H. The highest BCUT2D eigenvalue weighted by atomic mass is 35.5. The third-order valence-electron chi connectivity index (χ3n) is 4.91. The number of likely N-dealkylation sites (tertiary alicyclic amines) is 1. The van der Waals surface area contributed by atoms with Crippen molar-refractivity contribution in [1.29, 1.82) is 0 Å². The van der Waals surface area contributed by atoms with Crippen LogP contribution >= 0.6 is 12.4 Å². The summed E-state index contributed by atoms with van der Waals surface area (Å²) in [5, 5.41) is 5.28. The number of carbonyl (C=O) groups excluding carboxylic acids is 1. The lowest BCUT2D eigenvalue weighted by molar-refractivity contribution is -0.126. The second-order valence-corrected chi connectivity index (χ2v) is 6.63. The van der Waals surface area contributed by atoms with Crippen molar-refractivity contribution in [2.45, 2.75) is 19.4 Å². The number of hydrogen-bond acceptors (Lipinski definition) is 4. The molecular formula is C20H28ClN3O2. The molecule has 2 aromatic rings. The number of methoxy groups -OCH3 is 1. The number of nitrogens with zero attached hydrogens (tertiary/aromatic N) is 1. The minimum absolute atomic E-state index is 0. The molecule has 1 heterocycles. The van der Waals surface area contributed by atoms with E-state index in [9.17, 15) is 4.79 Å². The van der Waals surface area contributed by atoms with E-state index < -0.39 is 0 Å². The summed E-state index contributed by atoms with van der Waals surface area (Å²) in [5.41, 5.74) is 6.75. The molecular weight excluding hydrogens is 350 g/mol. The number of amides is 1. The third kappa shape index (κ3) is 4.67. The highest BCUT2D eigenvalue weighted by Crippen LogP contribution is 2.30. The molecule has 0 spiro atoms. The minimum atomic E-state index is 0. The normalized spacial score (nSPS) is 17.5. The Bertz CT molecular complexity index is 738. The van der Waals surface area contributed by atoms with Crippen LogP contribution in [0.1, 0.15) is 18.4 Å². The zero-order valence-electron chi connectivity index (χ0n) is 15.2. The number of ether oxygens (including phenoxy) is 1. The van der Waals surface area contributed by atoms with Crippen LogP contribution in [0, 0.1) is 5.92 Å². The summed E-state index contributed by atoms with van der Waals surface area (Å²) < 4.78 is 5.48. The molecule has 0 bridgehead atoms. The molecule has 0 aliphatic carbocycles. The second-order valence-electron chi connectivity index (χ2n) is 6.63.